The number of carbonyl (C=O) groups is 3. The summed E-state index contributed by atoms with van der Waals surface area (Å²) in [5.74, 6) is 0.00179. The monoisotopic (exact) mass is 766 g/mol. The highest BCUT2D eigenvalue weighted by Gasteiger charge is 2.45. The molecule has 53 heavy (non-hydrogen) atoms. The number of nitrogens with one attached hydrogen (secondary N) is 1. The number of nitrogens with two attached hydrogens (primary N) is 2. The number of amides is 3. The minimum Gasteiger partial charge on any atom is -0.496 e. The number of aryl methyl sites for hydroxylation is 1. The van der Waals surface area contributed by atoms with Crippen molar-refractivity contribution in [1.29, 1.82) is 0 Å². The van der Waals surface area contributed by atoms with Crippen LogP contribution in [-0.4, -0.2) is 78.1 Å². The van der Waals surface area contributed by atoms with Crippen LogP contribution in [0.2, 0.25) is 0 Å². The molecular formula is C38H50N6O7S2. The summed E-state index contributed by atoms with van der Waals surface area (Å²) in [6.07, 6.45) is 9.40. The Kier molecular flexibility index (Phi) is 11.7. The first-order chi connectivity index (χ1) is 25.3. The topological polar surface area (TPSA) is 197 Å². The van der Waals surface area contributed by atoms with Gasteiger partial charge in [-0.25, -0.2) is 18.4 Å². The number of hydrogen-bond acceptors (Lipinski definition) is 11. The number of likely N-dealkylation sites (tertiary alicyclic amines) is 1. The van der Waals surface area contributed by atoms with Gasteiger partial charge in [0.15, 0.2) is 0 Å². The number of rotatable bonds is 17. The lowest BCUT2D eigenvalue weighted by Crippen LogP contribution is -2.50. The lowest BCUT2D eigenvalue weighted by atomic mass is 10.1. The molecule has 6 rings (SSSR count). The molecule has 5 N–H and O–H groups in total. The Morgan fingerprint density at radius 1 is 1.11 bits per heavy atom. The van der Waals surface area contributed by atoms with Gasteiger partial charge in [0.05, 0.1) is 36.2 Å². The number of pyridine rings is 1. The van der Waals surface area contributed by atoms with Crippen LogP contribution in [0.25, 0.3) is 21.6 Å². The molecule has 3 heterocycles. The molecule has 2 aliphatic carbocycles. The number of primary amides is 1. The van der Waals surface area contributed by atoms with Crippen LogP contribution < -0.4 is 25.7 Å². The van der Waals surface area contributed by atoms with Crippen molar-refractivity contribution in [2.24, 2.45) is 23.3 Å². The maximum Gasteiger partial charge on any atom is 0.240 e. The Labute approximate surface area is 314 Å². The van der Waals surface area contributed by atoms with Crippen LogP contribution in [0.15, 0.2) is 35.7 Å². The van der Waals surface area contributed by atoms with E-state index in [0.29, 0.717) is 48.4 Å². The Morgan fingerprint density at radius 3 is 2.57 bits per heavy atom. The second-order valence-electron chi connectivity index (χ2n) is 14.8. The number of nitrogens with zero attached hydrogens (tertiary/aromatic N) is 3. The molecule has 0 radical (unpaired) electrons. The van der Waals surface area contributed by atoms with E-state index in [9.17, 15) is 22.8 Å². The number of thiazole rings is 1. The standard InChI is InChI=1S/C38H50N6O7S2/c1-21(2)30-20-52-37(42-30)29-18-33(26-14-15-32(50-4)22(3)34(26)41-29)51-24-17-31(35(40)45)44(19-24)38(47)28(39)11-9-7-5-6-8-10-23-16-27(23)36(46)43-53(48,49)25-12-13-25/h8,10,14-15,18,20-21,23-25,27-28,31H,5-7,9,11-13,16-17,19,39H2,1-4H3,(H2,40,45)(H,43,46)/b10-8-/t23-,24-,27+,28+,31+/m1/s1. The van der Waals surface area contributed by atoms with Crippen LogP contribution in [0.1, 0.15) is 88.8 Å². The molecule has 3 amide bonds. The molecule has 3 aliphatic rings. The number of hydrogen-bond donors (Lipinski definition) is 3. The van der Waals surface area contributed by atoms with Crippen LogP contribution in [-0.2, 0) is 24.4 Å². The average molecular weight is 767 g/mol. The smallest absolute Gasteiger partial charge is 0.240 e. The largest absolute Gasteiger partial charge is 0.496 e. The summed E-state index contributed by atoms with van der Waals surface area (Å²) in [5, 5.41) is 3.17. The van der Waals surface area contributed by atoms with Gasteiger partial charge in [-0.15, -0.1) is 11.3 Å². The zero-order valence-corrected chi connectivity index (χ0v) is 32.4. The van der Waals surface area contributed by atoms with Crippen LogP contribution in [0.3, 0.4) is 0 Å². The van der Waals surface area contributed by atoms with Gasteiger partial charge >= 0.3 is 0 Å². The fourth-order valence-electron chi connectivity index (χ4n) is 6.87. The molecule has 0 spiro atoms. The number of methoxy groups -OCH3 is 1. The van der Waals surface area contributed by atoms with Gasteiger partial charge in [-0.3, -0.25) is 19.1 Å². The molecule has 286 valence electrons. The van der Waals surface area contributed by atoms with E-state index < -0.39 is 45.3 Å². The first-order valence-corrected chi connectivity index (χ1v) is 20.9. The minimum atomic E-state index is -3.51. The number of benzene rings is 1. The summed E-state index contributed by atoms with van der Waals surface area (Å²) in [6.45, 7) is 6.30. The average Bonchev–Trinajstić information content (AvgIpc) is 4.03. The summed E-state index contributed by atoms with van der Waals surface area (Å²) in [7, 11) is -1.90. The van der Waals surface area contributed by atoms with Gasteiger partial charge in [-0.05, 0) is 69.4 Å². The molecule has 1 aliphatic heterocycles. The zero-order chi connectivity index (χ0) is 38.0. The van der Waals surface area contributed by atoms with E-state index in [2.05, 4.69) is 18.6 Å². The molecule has 0 unspecified atom stereocenters. The van der Waals surface area contributed by atoms with Gasteiger partial charge in [0.1, 0.15) is 34.3 Å². The predicted molar refractivity (Wildman–Crippen MR) is 204 cm³/mol. The number of carbonyl (C=O) groups excluding carboxylic acids is 3. The van der Waals surface area contributed by atoms with Crippen LogP contribution >= 0.6 is 11.3 Å². The molecule has 2 aromatic heterocycles. The molecule has 1 aromatic carbocycles. The third-order valence-corrected chi connectivity index (χ3v) is 13.1. The Hall–Kier alpha value is -4.08. The van der Waals surface area contributed by atoms with Crippen molar-refractivity contribution < 1.29 is 32.3 Å². The van der Waals surface area contributed by atoms with Crippen molar-refractivity contribution in [2.75, 3.05) is 13.7 Å². The SMILES string of the molecule is COc1ccc2c(O[C@@H]3C[C@@H](C(N)=O)N(C(=O)[C@@H](N)CCCCC/C=C\[C@@H]4C[C@@H]4C(=O)NS(=O)(=O)C4CC4)C3)cc(-c3nc(C(C)C)cs3)nc2c1C. The summed E-state index contributed by atoms with van der Waals surface area (Å²) in [6, 6.07) is 4.01. The zero-order valence-electron chi connectivity index (χ0n) is 30.7. The quantitative estimate of drug-likeness (QED) is 0.128. The third-order valence-electron chi connectivity index (χ3n) is 10.3. The third kappa shape index (κ3) is 9.01. The molecule has 15 heteroatoms. The summed E-state index contributed by atoms with van der Waals surface area (Å²) in [5.41, 5.74) is 15.4. The maximum atomic E-state index is 13.6. The fourth-order valence-corrected chi connectivity index (χ4v) is 9.16. The summed E-state index contributed by atoms with van der Waals surface area (Å²) >= 11 is 1.52. The summed E-state index contributed by atoms with van der Waals surface area (Å²) in [4.78, 5) is 49.6. The van der Waals surface area contributed by atoms with E-state index in [-0.39, 0.29) is 36.6 Å². The van der Waals surface area contributed by atoms with Gasteiger partial charge in [-0.2, -0.15) is 0 Å². The predicted octanol–water partition coefficient (Wildman–Crippen LogP) is 4.71. The van der Waals surface area contributed by atoms with Gasteiger partial charge in [0.2, 0.25) is 27.7 Å². The molecule has 3 aromatic rings. The van der Waals surface area contributed by atoms with Crippen molar-refractivity contribution in [3.63, 3.8) is 0 Å². The molecule has 0 bridgehead atoms. The van der Waals surface area contributed by atoms with E-state index in [1.54, 1.807) is 7.11 Å². The summed E-state index contributed by atoms with van der Waals surface area (Å²) < 4.78 is 38.4. The van der Waals surface area contributed by atoms with Crippen LogP contribution in [0, 0.1) is 18.8 Å². The molecular weight excluding hydrogens is 717 g/mol. The molecule has 5 atom stereocenters. The van der Waals surface area contributed by atoms with Crippen molar-refractivity contribution >= 4 is 50.0 Å². The first kappa shape index (κ1) is 38.6. The van der Waals surface area contributed by atoms with E-state index >= 15 is 0 Å². The molecule has 13 nitrogen and oxygen atoms in total. The Bertz CT molecular complexity index is 1990. The molecule has 2 saturated carbocycles. The van der Waals surface area contributed by atoms with E-state index in [4.69, 9.17) is 30.9 Å². The van der Waals surface area contributed by atoms with Crippen molar-refractivity contribution in [1.82, 2.24) is 19.6 Å². The Morgan fingerprint density at radius 2 is 1.89 bits per heavy atom. The highest BCUT2D eigenvalue weighted by Crippen LogP contribution is 2.41. The Balaban J connectivity index is 1.02. The number of sulfonamides is 1. The normalized spacial score (nSPS) is 22.0. The van der Waals surface area contributed by atoms with Gasteiger partial charge < -0.3 is 25.8 Å². The van der Waals surface area contributed by atoms with E-state index in [1.165, 1.54) is 16.2 Å². The number of ether oxygens (including phenoxy) is 2. The highest BCUT2D eigenvalue weighted by molar-refractivity contribution is 7.90. The molecule has 3 fully saturated rings. The second-order valence-corrected chi connectivity index (χ2v) is 17.6. The van der Waals surface area contributed by atoms with E-state index in [1.807, 2.05) is 42.7 Å². The van der Waals surface area contributed by atoms with Gasteiger partial charge in [-0.1, -0.05) is 38.8 Å². The van der Waals surface area contributed by atoms with Crippen LogP contribution in [0.4, 0.5) is 0 Å². The highest BCUT2D eigenvalue weighted by atomic mass is 32.2. The maximum absolute atomic E-state index is 13.6. The number of aromatic nitrogens is 2. The fraction of sp³-hybridized carbons (Fsp3) is 0.553. The molecule has 1 saturated heterocycles. The van der Waals surface area contributed by atoms with E-state index in [0.717, 1.165) is 47.3 Å². The van der Waals surface area contributed by atoms with Crippen molar-refractivity contribution in [3.05, 3.63) is 47.0 Å². The lowest BCUT2D eigenvalue weighted by Gasteiger charge is -2.25. The number of unbranched alkanes of at least 4 members (excludes halogenated alkanes) is 3. The first-order valence-electron chi connectivity index (χ1n) is 18.5. The van der Waals surface area contributed by atoms with Crippen molar-refractivity contribution in [2.45, 2.75) is 108 Å². The lowest BCUT2D eigenvalue weighted by molar-refractivity contribution is -0.138. The van der Waals surface area contributed by atoms with Gasteiger partial charge in [0, 0.05) is 34.7 Å². The van der Waals surface area contributed by atoms with Crippen molar-refractivity contribution in [3.8, 4) is 22.2 Å². The van der Waals surface area contributed by atoms with Crippen LogP contribution in [0.5, 0.6) is 11.5 Å². The number of fused-ring (bicyclic) bond motifs is 1. The number of allylic oxidation sites excluding steroid dienone is 2. The van der Waals surface area contributed by atoms with Gasteiger partial charge in [0.25, 0.3) is 0 Å². The minimum absolute atomic E-state index is 0.0739. The second kappa shape index (κ2) is 16.1.